The first-order chi connectivity index (χ1) is 9.51. The summed E-state index contributed by atoms with van der Waals surface area (Å²) in [5.74, 6) is 0. The maximum Gasteiger partial charge on any atom is 0.267 e. The van der Waals surface area contributed by atoms with E-state index < -0.39 is 10.0 Å². The summed E-state index contributed by atoms with van der Waals surface area (Å²) in [6.45, 7) is 0.409. The molecule has 0 aliphatic carbocycles. The average Bonchev–Trinajstić information content (AvgIpc) is 2.82. The van der Waals surface area contributed by atoms with Gasteiger partial charge in [-0.3, -0.25) is 4.31 Å². The van der Waals surface area contributed by atoms with Gasteiger partial charge in [-0.15, -0.1) is 0 Å². The Balaban J connectivity index is 2.16. The Labute approximate surface area is 122 Å². The number of sulfonamides is 1. The summed E-state index contributed by atoms with van der Waals surface area (Å²) in [5.41, 5.74) is 7.69. The molecular formula is C14H13ClN2O2S. The van der Waals surface area contributed by atoms with E-state index in [1.54, 1.807) is 18.2 Å². The first-order valence-corrected chi connectivity index (χ1v) is 7.98. The lowest BCUT2D eigenvalue weighted by Crippen LogP contribution is -2.30. The van der Waals surface area contributed by atoms with Crippen molar-refractivity contribution in [2.75, 3.05) is 16.6 Å². The largest absolute Gasteiger partial charge is 0.398 e. The van der Waals surface area contributed by atoms with Gasteiger partial charge >= 0.3 is 0 Å². The quantitative estimate of drug-likeness (QED) is 0.868. The zero-order valence-electron chi connectivity index (χ0n) is 10.6. The van der Waals surface area contributed by atoms with Gasteiger partial charge in [0.25, 0.3) is 10.0 Å². The van der Waals surface area contributed by atoms with Gasteiger partial charge in [0.05, 0.1) is 16.4 Å². The summed E-state index contributed by atoms with van der Waals surface area (Å²) in [4.78, 5) is -0.0154. The molecule has 0 fully saturated rings. The van der Waals surface area contributed by atoms with Crippen LogP contribution in [0.25, 0.3) is 0 Å². The van der Waals surface area contributed by atoms with Crippen molar-refractivity contribution in [1.82, 2.24) is 0 Å². The van der Waals surface area contributed by atoms with Crippen molar-refractivity contribution in [1.29, 1.82) is 0 Å². The molecule has 3 rings (SSSR count). The molecule has 0 unspecified atom stereocenters. The van der Waals surface area contributed by atoms with Crippen LogP contribution >= 0.6 is 11.6 Å². The van der Waals surface area contributed by atoms with E-state index in [1.807, 2.05) is 18.2 Å². The molecule has 4 nitrogen and oxygen atoms in total. The zero-order valence-corrected chi connectivity index (χ0v) is 12.2. The van der Waals surface area contributed by atoms with Crippen LogP contribution in [0, 0.1) is 0 Å². The highest BCUT2D eigenvalue weighted by atomic mass is 35.5. The highest BCUT2D eigenvalue weighted by Gasteiger charge is 2.33. The number of hydrogen-bond donors (Lipinski definition) is 1. The minimum Gasteiger partial charge on any atom is -0.398 e. The van der Waals surface area contributed by atoms with Crippen molar-refractivity contribution in [3.63, 3.8) is 0 Å². The van der Waals surface area contributed by atoms with E-state index in [4.69, 9.17) is 17.3 Å². The summed E-state index contributed by atoms with van der Waals surface area (Å²) in [6, 6.07) is 12.2. The second-order valence-corrected chi connectivity index (χ2v) is 6.82. The predicted octanol–water partition coefficient (Wildman–Crippen LogP) is 2.67. The van der Waals surface area contributed by atoms with Crippen molar-refractivity contribution >= 4 is 33.0 Å². The third-order valence-corrected chi connectivity index (χ3v) is 5.75. The fourth-order valence-corrected chi connectivity index (χ4v) is 4.61. The minimum absolute atomic E-state index is 0.0154. The molecule has 2 aromatic rings. The predicted molar refractivity (Wildman–Crippen MR) is 80.5 cm³/mol. The Kier molecular flexibility index (Phi) is 3.11. The zero-order chi connectivity index (χ0) is 14.3. The smallest absolute Gasteiger partial charge is 0.267 e. The first-order valence-electron chi connectivity index (χ1n) is 6.16. The lowest BCUT2D eigenvalue weighted by Gasteiger charge is -2.21. The molecule has 0 atom stereocenters. The van der Waals surface area contributed by atoms with Crippen LogP contribution in [0.1, 0.15) is 5.56 Å². The van der Waals surface area contributed by atoms with Gasteiger partial charge < -0.3 is 5.73 Å². The van der Waals surface area contributed by atoms with Gasteiger partial charge in [-0.05, 0) is 30.2 Å². The van der Waals surface area contributed by atoms with Crippen LogP contribution in [-0.4, -0.2) is 15.0 Å². The molecule has 0 spiro atoms. The molecule has 20 heavy (non-hydrogen) atoms. The minimum atomic E-state index is -3.74. The molecule has 2 N–H and O–H groups in total. The van der Waals surface area contributed by atoms with Gasteiger partial charge in [0, 0.05) is 6.54 Å². The molecule has 0 aromatic heterocycles. The lowest BCUT2D eigenvalue weighted by atomic mass is 10.2. The topological polar surface area (TPSA) is 63.4 Å². The number of rotatable bonds is 2. The highest BCUT2D eigenvalue weighted by Crippen LogP contribution is 2.36. The van der Waals surface area contributed by atoms with Crippen LogP contribution in [0.3, 0.4) is 0 Å². The Morgan fingerprint density at radius 1 is 1.10 bits per heavy atom. The lowest BCUT2D eigenvalue weighted by molar-refractivity contribution is 0.593. The number of fused-ring (bicyclic) bond motifs is 1. The normalized spacial score (nSPS) is 14.3. The van der Waals surface area contributed by atoms with Crippen molar-refractivity contribution in [2.24, 2.45) is 0 Å². The molecule has 1 heterocycles. The van der Waals surface area contributed by atoms with Crippen molar-refractivity contribution < 1.29 is 8.42 Å². The van der Waals surface area contributed by atoms with Crippen molar-refractivity contribution in [2.45, 2.75) is 11.3 Å². The molecular weight excluding hydrogens is 296 g/mol. The third-order valence-electron chi connectivity index (χ3n) is 3.39. The fraction of sp³-hybridized carbons (Fsp3) is 0.143. The van der Waals surface area contributed by atoms with E-state index in [9.17, 15) is 8.42 Å². The maximum absolute atomic E-state index is 12.8. The Bertz CT molecular complexity index is 754. The second-order valence-electron chi connectivity index (χ2n) is 4.61. The molecule has 1 aliphatic heterocycles. The summed E-state index contributed by atoms with van der Waals surface area (Å²) < 4.78 is 27.0. The van der Waals surface area contributed by atoms with Crippen LogP contribution in [0.5, 0.6) is 0 Å². The molecule has 0 saturated heterocycles. The third kappa shape index (κ3) is 1.94. The van der Waals surface area contributed by atoms with Gasteiger partial charge in [-0.25, -0.2) is 8.42 Å². The van der Waals surface area contributed by atoms with Gasteiger partial charge in [-0.1, -0.05) is 35.9 Å². The summed E-state index contributed by atoms with van der Waals surface area (Å²) in [5, 5.41) is 0.148. The summed E-state index contributed by atoms with van der Waals surface area (Å²) in [7, 11) is -3.74. The Hall–Kier alpha value is -1.72. The van der Waals surface area contributed by atoms with Crippen LogP contribution in [0.15, 0.2) is 47.4 Å². The van der Waals surface area contributed by atoms with E-state index in [-0.39, 0.29) is 15.6 Å². The van der Waals surface area contributed by atoms with E-state index in [2.05, 4.69) is 0 Å². The molecule has 6 heteroatoms. The molecule has 0 radical (unpaired) electrons. The maximum atomic E-state index is 12.8. The number of nitrogens with two attached hydrogens (primary N) is 1. The van der Waals surface area contributed by atoms with Gasteiger partial charge in [-0.2, -0.15) is 0 Å². The van der Waals surface area contributed by atoms with Crippen molar-refractivity contribution in [3.05, 3.63) is 53.1 Å². The van der Waals surface area contributed by atoms with Gasteiger partial charge in [0.15, 0.2) is 0 Å². The van der Waals surface area contributed by atoms with Crippen LogP contribution in [0.4, 0.5) is 11.4 Å². The van der Waals surface area contributed by atoms with Crippen molar-refractivity contribution in [3.8, 4) is 0 Å². The molecule has 0 saturated carbocycles. The highest BCUT2D eigenvalue weighted by molar-refractivity contribution is 7.93. The Morgan fingerprint density at radius 2 is 1.85 bits per heavy atom. The SMILES string of the molecule is Nc1cccc(Cl)c1S(=O)(=O)N1CCc2ccccc21. The number of nitrogen functional groups attached to an aromatic ring is 1. The number of anilines is 2. The first kappa shape index (κ1) is 13.3. The molecule has 1 aliphatic rings. The number of nitrogens with zero attached hydrogens (tertiary/aromatic N) is 1. The number of para-hydroxylation sites is 1. The molecule has 2 aromatic carbocycles. The van der Waals surface area contributed by atoms with Crippen LogP contribution in [0.2, 0.25) is 5.02 Å². The molecule has 0 amide bonds. The molecule has 0 bridgehead atoms. The van der Waals surface area contributed by atoms with Crippen LogP contribution in [-0.2, 0) is 16.4 Å². The van der Waals surface area contributed by atoms with Gasteiger partial charge in [0.1, 0.15) is 4.90 Å². The van der Waals surface area contributed by atoms with Crippen LogP contribution < -0.4 is 10.0 Å². The number of halogens is 1. The van der Waals surface area contributed by atoms with E-state index >= 15 is 0 Å². The number of hydrogen-bond acceptors (Lipinski definition) is 3. The van der Waals surface area contributed by atoms with E-state index in [0.717, 1.165) is 5.56 Å². The van der Waals surface area contributed by atoms with Gasteiger partial charge in [0.2, 0.25) is 0 Å². The monoisotopic (exact) mass is 308 g/mol. The fourth-order valence-electron chi connectivity index (χ4n) is 2.47. The number of benzene rings is 2. The average molecular weight is 309 g/mol. The summed E-state index contributed by atoms with van der Waals surface area (Å²) in [6.07, 6.45) is 0.694. The Morgan fingerprint density at radius 3 is 2.60 bits per heavy atom. The summed E-state index contributed by atoms with van der Waals surface area (Å²) >= 11 is 6.03. The second kappa shape index (κ2) is 4.68. The molecule has 104 valence electrons. The van der Waals surface area contributed by atoms with E-state index in [1.165, 1.54) is 10.4 Å². The van der Waals surface area contributed by atoms with E-state index in [0.29, 0.717) is 18.7 Å². The standard InChI is InChI=1S/C14H13ClN2O2S/c15-11-5-3-6-12(16)14(11)20(18,19)17-9-8-10-4-1-2-7-13(10)17/h1-7H,8-9,16H2.